The zero-order valence-corrected chi connectivity index (χ0v) is 11.6. The lowest BCUT2D eigenvalue weighted by Gasteiger charge is -2.28. The molecule has 0 amide bonds. The van der Waals surface area contributed by atoms with Gasteiger partial charge in [-0.3, -0.25) is 0 Å². The van der Waals surface area contributed by atoms with E-state index in [0.717, 1.165) is 31.0 Å². The van der Waals surface area contributed by atoms with Gasteiger partial charge in [0.15, 0.2) is 0 Å². The molecule has 0 atom stereocenters. The van der Waals surface area contributed by atoms with Crippen LogP contribution < -0.4 is 10.6 Å². The third kappa shape index (κ3) is 2.91. The lowest BCUT2D eigenvalue weighted by Crippen LogP contribution is -2.30. The van der Waals surface area contributed by atoms with Gasteiger partial charge in [-0.25, -0.2) is 4.98 Å². The first kappa shape index (κ1) is 13.1. The Morgan fingerprint density at radius 1 is 1.39 bits per heavy atom. The number of nitrogens with zero attached hydrogens (tertiary/aromatic N) is 2. The van der Waals surface area contributed by atoms with Crippen LogP contribution in [0.1, 0.15) is 44.4 Å². The average Bonchev–Trinajstić information content (AvgIpc) is 2.38. The van der Waals surface area contributed by atoms with Gasteiger partial charge in [0.1, 0.15) is 5.82 Å². The maximum Gasteiger partial charge on any atom is 0.129 e. The molecule has 0 saturated carbocycles. The second kappa shape index (κ2) is 5.53. The van der Waals surface area contributed by atoms with E-state index in [1.54, 1.807) is 0 Å². The van der Waals surface area contributed by atoms with Crippen LogP contribution in [0.25, 0.3) is 0 Å². The standard InChI is InChI=1S/C15H23N3/c1-11(2)14-7-13(9-16)8-15(17-14)18-6-4-5-12(3)10-18/h5,7-8,11H,4,6,9-10,16H2,1-3H3. The predicted molar refractivity (Wildman–Crippen MR) is 76.8 cm³/mol. The third-order valence-corrected chi connectivity index (χ3v) is 3.37. The van der Waals surface area contributed by atoms with Crippen LogP contribution in [0.2, 0.25) is 0 Å². The van der Waals surface area contributed by atoms with Crippen LogP contribution in [0.4, 0.5) is 5.82 Å². The molecule has 0 radical (unpaired) electrons. The Hall–Kier alpha value is -1.35. The van der Waals surface area contributed by atoms with Crippen LogP contribution in [-0.2, 0) is 6.54 Å². The highest BCUT2D eigenvalue weighted by atomic mass is 15.2. The molecule has 0 fully saturated rings. The summed E-state index contributed by atoms with van der Waals surface area (Å²) in [7, 11) is 0. The normalized spacial score (nSPS) is 16.1. The number of hydrogen-bond donors (Lipinski definition) is 1. The Labute approximate surface area is 110 Å². The van der Waals surface area contributed by atoms with Crippen molar-refractivity contribution in [2.45, 2.75) is 39.7 Å². The fourth-order valence-electron chi connectivity index (χ4n) is 2.28. The van der Waals surface area contributed by atoms with E-state index in [9.17, 15) is 0 Å². The van der Waals surface area contributed by atoms with E-state index >= 15 is 0 Å². The second-order valence-electron chi connectivity index (χ2n) is 5.38. The first-order valence-corrected chi connectivity index (χ1v) is 6.71. The highest BCUT2D eigenvalue weighted by Crippen LogP contribution is 2.22. The molecule has 0 spiro atoms. The fraction of sp³-hybridized carbons (Fsp3) is 0.533. The molecule has 2 N–H and O–H groups in total. The van der Waals surface area contributed by atoms with E-state index in [-0.39, 0.29) is 0 Å². The number of anilines is 1. The molecule has 1 aromatic rings. The quantitative estimate of drug-likeness (QED) is 0.833. The van der Waals surface area contributed by atoms with Crippen molar-refractivity contribution >= 4 is 5.82 Å². The fourth-order valence-corrected chi connectivity index (χ4v) is 2.28. The topological polar surface area (TPSA) is 42.1 Å². The van der Waals surface area contributed by atoms with Crippen molar-refractivity contribution in [1.82, 2.24) is 4.98 Å². The first-order chi connectivity index (χ1) is 8.60. The Kier molecular flexibility index (Phi) is 4.02. The molecular formula is C15H23N3. The van der Waals surface area contributed by atoms with Gasteiger partial charge in [-0.15, -0.1) is 0 Å². The van der Waals surface area contributed by atoms with Gasteiger partial charge in [0, 0.05) is 25.3 Å². The van der Waals surface area contributed by atoms with Gasteiger partial charge in [-0.1, -0.05) is 25.5 Å². The summed E-state index contributed by atoms with van der Waals surface area (Å²) in [5.74, 6) is 1.52. The van der Waals surface area contributed by atoms with Crippen molar-refractivity contribution in [1.29, 1.82) is 0 Å². The second-order valence-corrected chi connectivity index (χ2v) is 5.38. The molecule has 0 bridgehead atoms. The largest absolute Gasteiger partial charge is 0.352 e. The molecule has 3 heteroatoms. The zero-order valence-electron chi connectivity index (χ0n) is 11.6. The van der Waals surface area contributed by atoms with E-state index in [1.165, 1.54) is 11.1 Å². The van der Waals surface area contributed by atoms with Gasteiger partial charge in [-0.2, -0.15) is 0 Å². The van der Waals surface area contributed by atoms with Gasteiger partial charge in [0.2, 0.25) is 0 Å². The zero-order chi connectivity index (χ0) is 13.1. The maximum absolute atomic E-state index is 5.79. The van der Waals surface area contributed by atoms with Crippen LogP contribution in [0, 0.1) is 0 Å². The molecule has 1 aliphatic rings. The van der Waals surface area contributed by atoms with Crippen molar-refractivity contribution in [3.63, 3.8) is 0 Å². The maximum atomic E-state index is 5.79. The van der Waals surface area contributed by atoms with Gasteiger partial charge >= 0.3 is 0 Å². The van der Waals surface area contributed by atoms with E-state index in [1.807, 2.05) is 0 Å². The molecule has 2 heterocycles. The molecule has 18 heavy (non-hydrogen) atoms. The molecule has 0 aromatic carbocycles. The number of rotatable bonds is 3. The number of nitrogens with two attached hydrogens (primary N) is 1. The Balaban J connectivity index is 2.32. The summed E-state index contributed by atoms with van der Waals surface area (Å²) in [6, 6.07) is 4.26. The van der Waals surface area contributed by atoms with Crippen molar-refractivity contribution < 1.29 is 0 Å². The van der Waals surface area contributed by atoms with Gasteiger partial charge < -0.3 is 10.6 Å². The predicted octanol–water partition coefficient (Wildman–Crippen LogP) is 2.82. The van der Waals surface area contributed by atoms with Crippen molar-refractivity contribution in [2.75, 3.05) is 18.0 Å². The van der Waals surface area contributed by atoms with Crippen molar-refractivity contribution in [3.05, 3.63) is 35.0 Å². The van der Waals surface area contributed by atoms with Crippen LogP contribution >= 0.6 is 0 Å². The molecule has 2 rings (SSSR count). The monoisotopic (exact) mass is 245 g/mol. The molecule has 1 aromatic heterocycles. The number of hydrogen-bond acceptors (Lipinski definition) is 3. The minimum absolute atomic E-state index is 0.441. The summed E-state index contributed by atoms with van der Waals surface area (Å²) >= 11 is 0. The summed E-state index contributed by atoms with van der Waals surface area (Å²) in [4.78, 5) is 7.13. The van der Waals surface area contributed by atoms with Gasteiger partial charge in [0.05, 0.1) is 0 Å². The Morgan fingerprint density at radius 2 is 2.17 bits per heavy atom. The minimum Gasteiger partial charge on any atom is -0.352 e. The summed E-state index contributed by atoms with van der Waals surface area (Å²) < 4.78 is 0. The molecule has 98 valence electrons. The van der Waals surface area contributed by atoms with E-state index in [2.05, 4.69) is 43.9 Å². The Bertz CT molecular complexity index is 449. The third-order valence-electron chi connectivity index (χ3n) is 3.37. The summed E-state index contributed by atoms with van der Waals surface area (Å²) in [5, 5.41) is 0. The van der Waals surface area contributed by atoms with E-state index in [4.69, 9.17) is 10.7 Å². The summed E-state index contributed by atoms with van der Waals surface area (Å²) in [6.07, 6.45) is 3.42. The molecule has 0 saturated heterocycles. The average molecular weight is 245 g/mol. The van der Waals surface area contributed by atoms with Crippen molar-refractivity contribution in [2.24, 2.45) is 5.73 Å². The highest BCUT2D eigenvalue weighted by molar-refractivity contribution is 5.45. The molecule has 3 nitrogen and oxygen atoms in total. The molecule has 1 aliphatic heterocycles. The van der Waals surface area contributed by atoms with Crippen LogP contribution in [0.3, 0.4) is 0 Å². The first-order valence-electron chi connectivity index (χ1n) is 6.71. The lowest BCUT2D eigenvalue weighted by molar-refractivity contribution is 0.756. The SMILES string of the molecule is CC1=CCCN(c2cc(CN)cc(C(C)C)n2)C1. The smallest absolute Gasteiger partial charge is 0.129 e. The van der Waals surface area contributed by atoms with E-state index < -0.39 is 0 Å². The minimum atomic E-state index is 0.441. The molecule has 0 unspecified atom stereocenters. The summed E-state index contributed by atoms with van der Waals surface area (Å²) in [6.45, 7) is 9.15. The number of aromatic nitrogens is 1. The van der Waals surface area contributed by atoms with Crippen LogP contribution in [0.5, 0.6) is 0 Å². The van der Waals surface area contributed by atoms with Crippen LogP contribution in [0.15, 0.2) is 23.8 Å². The summed E-state index contributed by atoms with van der Waals surface area (Å²) in [5.41, 5.74) is 9.53. The molecule has 0 aliphatic carbocycles. The van der Waals surface area contributed by atoms with Gasteiger partial charge in [0.25, 0.3) is 0 Å². The van der Waals surface area contributed by atoms with Crippen molar-refractivity contribution in [3.8, 4) is 0 Å². The van der Waals surface area contributed by atoms with Crippen LogP contribution in [-0.4, -0.2) is 18.1 Å². The Morgan fingerprint density at radius 3 is 2.78 bits per heavy atom. The van der Waals surface area contributed by atoms with Gasteiger partial charge in [-0.05, 0) is 37.0 Å². The highest BCUT2D eigenvalue weighted by Gasteiger charge is 2.14. The number of pyridine rings is 1. The molecular weight excluding hydrogens is 222 g/mol. The lowest BCUT2D eigenvalue weighted by atomic mass is 10.1. The van der Waals surface area contributed by atoms with E-state index in [0.29, 0.717) is 12.5 Å².